The topological polar surface area (TPSA) is 46.5 Å². The Kier molecular flexibility index (Phi) is 6.57. The van der Waals surface area contributed by atoms with Gasteiger partial charge >= 0.3 is 35.5 Å². The molecule has 3 nitrogen and oxygen atoms in total. The standard InChI is InChI=1S/C8H6Cl2O3.Na.H/c9-5-1-2-7(6(10)3-5)13-4-8(11)12;;/h1-3H,4H2,(H,11,12);;. The molecule has 0 atom stereocenters. The minimum atomic E-state index is -1.05. The van der Waals surface area contributed by atoms with Crippen LogP contribution in [-0.4, -0.2) is 47.2 Å². The number of carbonyl (C=O) groups is 1. The molecule has 0 unspecified atom stereocenters. The van der Waals surface area contributed by atoms with Crippen molar-refractivity contribution in [2.75, 3.05) is 6.61 Å². The predicted octanol–water partition coefficient (Wildman–Crippen LogP) is 1.81. The van der Waals surface area contributed by atoms with Gasteiger partial charge in [-0.1, -0.05) is 23.2 Å². The van der Waals surface area contributed by atoms with Crippen molar-refractivity contribution >= 4 is 58.7 Å². The van der Waals surface area contributed by atoms with Crippen LogP contribution in [0.4, 0.5) is 0 Å². The Labute approximate surface area is 113 Å². The van der Waals surface area contributed by atoms with Crippen molar-refractivity contribution in [2.24, 2.45) is 0 Å². The molecule has 0 aromatic heterocycles. The number of carboxylic acid groups (broad SMARTS) is 1. The van der Waals surface area contributed by atoms with Gasteiger partial charge in [-0.3, -0.25) is 0 Å². The maximum atomic E-state index is 10.2. The average Bonchev–Trinajstić information content (AvgIpc) is 2.02. The summed E-state index contributed by atoms with van der Waals surface area (Å²) in [4.78, 5) is 10.2. The zero-order chi connectivity index (χ0) is 9.84. The molecule has 1 N–H and O–H groups in total. The van der Waals surface area contributed by atoms with Gasteiger partial charge in [0.1, 0.15) is 5.75 Å². The minimum absolute atomic E-state index is 0. The third-order valence-electron chi connectivity index (χ3n) is 1.25. The third-order valence-corrected chi connectivity index (χ3v) is 1.78. The van der Waals surface area contributed by atoms with E-state index in [2.05, 4.69) is 0 Å². The van der Waals surface area contributed by atoms with Crippen molar-refractivity contribution in [3.63, 3.8) is 0 Å². The number of hydrogen-bond acceptors (Lipinski definition) is 2. The van der Waals surface area contributed by atoms with Crippen LogP contribution in [0.5, 0.6) is 5.75 Å². The van der Waals surface area contributed by atoms with E-state index in [1.807, 2.05) is 0 Å². The zero-order valence-electron chi connectivity index (χ0n) is 6.46. The van der Waals surface area contributed by atoms with Crippen LogP contribution in [0.1, 0.15) is 0 Å². The zero-order valence-corrected chi connectivity index (χ0v) is 7.97. The number of carboxylic acids is 1. The molecule has 14 heavy (non-hydrogen) atoms. The predicted molar refractivity (Wildman–Crippen MR) is 56.7 cm³/mol. The Morgan fingerprint density at radius 1 is 1.43 bits per heavy atom. The SMILES string of the molecule is O=C(O)COc1ccc(Cl)cc1Cl.[NaH]. The van der Waals surface area contributed by atoms with Gasteiger partial charge in [0.15, 0.2) is 6.61 Å². The first-order valence-corrected chi connectivity index (χ1v) is 4.15. The second kappa shape index (κ2) is 6.53. The molecule has 0 saturated carbocycles. The molecule has 0 fully saturated rings. The Hall–Kier alpha value is 0.0700. The van der Waals surface area contributed by atoms with Crippen LogP contribution in [0.25, 0.3) is 0 Å². The van der Waals surface area contributed by atoms with E-state index in [0.717, 1.165) is 0 Å². The molecule has 0 aliphatic rings. The normalized spacial score (nSPS) is 9.00. The van der Waals surface area contributed by atoms with Gasteiger partial charge in [-0.05, 0) is 18.2 Å². The molecule has 1 aromatic rings. The second-order valence-electron chi connectivity index (χ2n) is 2.26. The molecule has 0 aliphatic carbocycles. The van der Waals surface area contributed by atoms with Gasteiger partial charge < -0.3 is 9.84 Å². The van der Waals surface area contributed by atoms with Gasteiger partial charge in [-0.2, -0.15) is 0 Å². The van der Waals surface area contributed by atoms with E-state index in [-0.39, 0.29) is 29.6 Å². The fourth-order valence-electron chi connectivity index (χ4n) is 0.732. The second-order valence-corrected chi connectivity index (χ2v) is 3.10. The molecule has 1 rings (SSSR count). The first-order chi connectivity index (χ1) is 6.09. The Morgan fingerprint density at radius 2 is 2.07 bits per heavy atom. The van der Waals surface area contributed by atoms with E-state index in [4.69, 9.17) is 33.0 Å². The average molecular weight is 245 g/mol. The molecule has 0 spiro atoms. The number of benzene rings is 1. The molecule has 0 bridgehead atoms. The molecule has 0 heterocycles. The van der Waals surface area contributed by atoms with Crippen LogP contribution in [0.3, 0.4) is 0 Å². The van der Waals surface area contributed by atoms with E-state index in [9.17, 15) is 4.79 Å². The monoisotopic (exact) mass is 244 g/mol. The molecule has 6 heteroatoms. The quantitative estimate of drug-likeness (QED) is 0.826. The van der Waals surface area contributed by atoms with Crippen molar-refractivity contribution in [1.82, 2.24) is 0 Å². The van der Waals surface area contributed by atoms with Gasteiger partial charge in [-0.25, -0.2) is 4.79 Å². The Balaban J connectivity index is 0.00000169. The van der Waals surface area contributed by atoms with E-state index < -0.39 is 12.6 Å². The molecule has 72 valence electrons. The summed E-state index contributed by atoms with van der Waals surface area (Å²) in [5.74, 6) is -0.737. The number of hydrogen-bond donors (Lipinski definition) is 1. The summed E-state index contributed by atoms with van der Waals surface area (Å²) in [5.41, 5.74) is 0. The van der Waals surface area contributed by atoms with Gasteiger partial charge in [0.2, 0.25) is 0 Å². The summed E-state index contributed by atoms with van der Waals surface area (Å²) in [7, 11) is 0. The van der Waals surface area contributed by atoms with Crippen LogP contribution in [0.2, 0.25) is 10.0 Å². The molecule has 0 aliphatic heterocycles. The number of halogens is 2. The van der Waals surface area contributed by atoms with Crippen molar-refractivity contribution in [3.8, 4) is 5.75 Å². The molecular weight excluding hydrogens is 238 g/mol. The molecule has 0 amide bonds. The number of aliphatic carboxylic acids is 1. The maximum absolute atomic E-state index is 10.2. The summed E-state index contributed by atoms with van der Waals surface area (Å²) in [5, 5.41) is 9.11. The van der Waals surface area contributed by atoms with Crippen LogP contribution >= 0.6 is 23.2 Å². The Morgan fingerprint density at radius 3 is 2.57 bits per heavy atom. The van der Waals surface area contributed by atoms with E-state index >= 15 is 0 Å². The summed E-state index contributed by atoms with van der Waals surface area (Å²) in [6, 6.07) is 4.58. The number of ether oxygens (including phenoxy) is 1. The van der Waals surface area contributed by atoms with Crippen molar-refractivity contribution in [2.45, 2.75) is 0 Å². The van der Waals surface area contributed by atoms with E-state index in [1.54, 1.807) is 6.07 Å². The Bertz CT molecular complexity index is 330. The summed E-state index contributed by atoms with van der Waals surface area (Å²) in [6.07, 6.45) is 0. The molecule has 0 saturated heterocycles. The first kappa shape index (κ1) is 14.1. The molecular formula is C8H7Cl2NaO3. The van der Waals surface area contributed by atoms with Crippen LogP contribution in [-0.2, 0) is 4.79 Å². The number of rotatable bonds is 3. The van der Waals surface area contributed by atoms with Crippen molar-refractivity contribution in [1.29, 1.82) is 0 Å². The van der Waals surface area contributed by atoms with Crippen LogP contribution in [0.15, 0.2) is 18.2 Å². The third kappa shape index (κ3) is 4.53. The van der Waals surface area contributed by atoms with Crippen molar-refractivity contribution in [3.05, 3.63) is 28.2 Å². The molecule has 1 aromatic carbocycles. The summed E-state index contributed by atoms with van der Waals surface area (Å²) in [6.45, 7) is -0.415. The fourth-order valence-corrected chi connectivity index (χ4v) is 1.19. The first-order valence-electron chi connectivity index (χ1n) is 3.39. The van der Waals surface area contributed by atoms with Crippen LogP contribution in [0, 0.1) is 0 Å². The molecule has 0 radical (unpaired) electrons. The van der Waals surface area contributed by atoms with Gasteiger partial charge in [0.25, 0.3) is 0 Å². The van der Waals surface area contributed by atoms with Gasteiger partial charge in [0, 0.05) is 5.02 Å². The van der Waals surface area contributed by atoms with Gasteiger partial charge in [0.05, 0.1) is 5.02 Å². The fraction of sp³-hybridized carbons (Fsp3) is 0.125. The van der Waals surface area contributed by atoms with Gasteiger partial charge in [-0.15, -0.1) is 0 Å². The van der Waals surface area contributed by atoms with Crippen LogP contribution < -0.4 is 4.74 Å². The van der Waals surface area contributed by atoms with E-state index in [0.29, 0.717) is 15.8 Å². The summed E-state index contributed by atoms with van der Waals surface area (Å²) >= 11 is 11.3. The van der Waals surface area contributed by atoms with E-state index in [1.165, 1.54) is 12.1 Å². The summed E-state index contributed by atoms with van der Waals surface area (Å²) < 4.78 is 4.86. The van der Waals surface area contributed by atoms with Crippen molar-refractivity contribution < 1.29 is 14.6 Å².